The molecule has 118 valence electrons. The number of nitrogens with zero attached hydrogens (tertiary/aromatic N) is 2. The summed E-state index contributed by atoms with van der Waals surface area (Å²) in [5.41, 5.74) is 1.12. The normalized spacial score (nSPS) is 22.4. The van der Waals surface area contributed by atoms with E-state index in [1.165, 1.54) is 25.7 Å². The predicted molar refractivity (Wildman–Crippen MR) is 93.6 cm³/mol. The van der Waals surface area contributed by atoms with Crippen molar-refractivity contribution in [1.82, 2.24) is 9.97 Å². The Labute approximate surface area is 132 Å². The molecule has 1 aromatic rings. The minimum atomic E-state index is 0.338. The molecule has 5 heteroatoms. The highest BCUT2D eigenvalue weighted by atomic mass is 32.2. The molecule has 1 fully saturated rings. The molecule has 0 spiro atoms. The van der Waals surface area contributed by atoms with E-state index in [2.05, 4.69) is 42.6 Å². The second-order valence-electron chi connectivity index (χ2n) is 6.16. The number of aromatic nitrogens is 2. The fraction of sp³-hybridized carbons (Fsp3) is 0.750. The molecule has 1 aliphatic carbocycles. The maximum Gasteiger partial charge on any atom is 0.135 e. The van der Waals surface area contributed by atoms with Crippen molar-refractivity contribution in [1.29, 1.82) is 0 Å². The molecule has 0 amide bonds. The minimum absolute atomic E-state index is 0.338. The Morgan fingerprint density at radius 1 is 1.10 bits per heavy atom. The minimum Gasteiger partial charge on any atom is -0.373 e. The standard InChI is InChI=1S/C16H28N4S/c1-10(2)14-19-15(17-4)11(3)16(20-14)18-12-6-8-13(21-5)9-7-12/h10,12-13H,6-9H2,1-5H3,(H2,17,18,19,20). The monoisotopic (exact) mass is 308 g/mol. The quantitative estimate of drug-likeness (QED) is 0.860. The van der Waals surface area contributed by atoms with Gasteiger partial charge in [-0.25, -0.2) is 9.97 Å². The molecule has 0 radical (unpaired) electrons. The largest absolute Gasteiger partial charge is 0.373 e. The van der Waals surface area contributed by atoms with Crippen LogP contribution >= 0.6 is 11.8 Å². The fourth-order valence-corrected chi connectivity index (χ4v) is 3.56. The van der Waals surface area contributed by atoms with Gasteiger partial charge < -0.3 is 10.6 Å². The van der Waals surface area contributed by atoms with Gasteiger partial charge in [0.2, 0.25) is 0 Å². The van der Waals surface area contributed by atoms with Crippen molar-refractivity contribution in [3.05, 3.63) is 11.4 Å². The van der Waals surface area contributed by atoms with E-state index in [9.17, 15) is 0 Å². The molecule has 0 saturated heterocycles. The molecular weight excluding hydrogens is 280 g/mol. The first-order valence-corrected chi connectivity index (χ1v) is 9.19. The van der Waals surface area contributed by atoms with Crippen molar-refractivity contribution in [3.63, 3.8) is 0 Å². The van der Waals surface area contributed by atoms with Gasteiger partial charge in [-0.05, 0) is 38.9 Å². The molecule has 2 rings (SSSR count). The SMILES string of the molecule is CNc1nc(C(C)C)nc(NC2CCC(SC)CC2)c1C. The lowest BCUT2D eigenvalue weighted by Gasteiger charge is -2.29. The summed E-state index contributed by atoms with van der Waals surface area (Å²) in [5, 5.41) is 7.69. The lowest BCUT2D eigenvalue weighted by molar-refractivity contribution is 0.472. The summed E-state index contributed by atoms with van der Waals surface area (Å²) in [6, 6.07) is 0.548. The van der Waals surface area contributed by atoms with Crippen LogP contribution in [0.1, 0.15) is 56.8 Å². The molecule has 0 bridgehead atoms. The Morgan fingerprint density at radius 3 is 2.24 bits per heavy atom. The molecule has 0 unspecified atom stereocenters. The molecular formula is C16H28N4S. The molecule has 0 atom stereocenters. The summed E-state index contributed by atoms with van der Waals surface area (Å²) in [7, 11) is 1.92. The molecule has 2 N–H and O–H groups in total. The summed E-state index contributed by atoms with van der Waals surface area (Å²) < 4.78 is 0. The van der Waals surface area contributed by atoms with Crippen LogP contribution in [-0.2, 0) is 0 Å². The van der Waals surface area contributed by atoms with E-state index in [0.29, 0.717) is 12.0 Å². The van der Waals surface area contributed by atoms with Crippen molar-refractivity contribution in [3.8, 4) is 0 Å². The molecule has 1 aromatic heterocycles. The summed E-state index contributed by atoms with van der Waals surface area (Å²) in [6.07, 6.45) is 7.31. The zero-order valence-electron chi connectivity index (χ0n) is 13.9. The van der Waals surface area contributed by atoms with Crippen molar-refractivity contribution in [2.75, 3.05) is 23.9 Å². The second kappa shape index (κ2) is 7.34. The van der Waals surface area contributed by atoms with E-state index >= 15 is 0 Å². The molecule has 21 heavy (non-hydrogen) atoms. The lowest BCUT2D eigenvalue weighted by Crippen LogP contribution is -2.28. The highest BCUT2D eigenvalue weighted by Gasteiger charge is 2.22. The number of nitrogens with one attached hydrogen (secondary N) is 2. The maximum absolute atomic E-state index is 4.75. The first-order chi connectivity index (χ1) is 10.0. The number of hydrogen-bond acceptors (Lipinski definition) is 5. The van der Waals surface area contributed by atoms with E-state index in [1.54, 1.807) is 0 Å². The average molecular weight is 308 g/mol. The number of anilines is 2. The van der Waals surface area contributed by atoms with Crippen molar-refractivity contribution in [2.24, 2.45) is 0 Å². The van der Waals surface area contributed by atoms with Gasteiger partial charge >= 0.3 is 0 Å². The van der Waals surface area contributed by atoms with Crippen LogP contribution in [0.5, 0.6) is 0 Å². The van der Waals surface area contributed by atoms with E-state index in [0.717, 1.165) is 28.3 Å². The van der Waals surface area contributed by atoms with Crippen molar-refractivity contribution < 1.29 is 0 Å². The van der Waals surface area contributed by atoms with Gasteiger partial charge in [-0.15, -0.1) is 0 Å². The number of rotatable bonds is 5. The Bertz CT molecular complexity index is 468. The Morgan fingerprint density at radius 2 is 1.71 bits per heavy atom. The lowest BCUT2D eigenvalue weighted by atomic mass is 9.95. The van der Waals surface area contributed by atoms with E-state index in [4.69, 9.17) is 4.98 Å². The third-order valence-corrected chi connectivity index (χ3v) is 5.40. The molecule has 0 aliphatic heterocycles. The van der Waals surface area contributed by atoms with Gasteiger partial charge in [0, 0.05) is 29.8 Å². The van der Waals surface area contributed by atoms with Gasteiger partial charge in [-0.3, -0.25) is 0 Å². The van der Waals surface area contributed by atoms with Crippen LogP contribution < -0.4 is 10.6 Å². The van der Waals surface area contributed by atoms with Crippen LogP contribution in [0.2, 0.25) is 0 Å². The average Bonchev–Trinajstić information content (AvgIpc) is 2.49. The zero-order chi connectivity index (χ0) is 15.4. The van der Waals surface area contributed by atoms with E-state index in [-0.39, 0.29) is 0 Å². The van der Waals surface area contributed by atoms with Crippen molar-refractivity contribution in [2.45, 2.75) is 63.7 Å². The third kappa shape index (κ3) is 4.02. The van der Waals surface area contributed by atoms with Crippen LogP contribution in [0.4, 0.5) is 11.6 Å². The van der Waals surface area contributed by atoms with Crippen LogP contribution in [0, 0.1) is 6.92 Å². The number of hydrogen-bond donors (Lipinski definition) is 2. The summed E-state index contributed by atoms with van der Waals surface area (Å²) in [4.78, 5) is 9.35. The molecule has 0 aromatic carbocycles. The van der Waals surface area contributed by atoms with Crippen LogP contribution in [0.15, 0.2) is 0 Å². The topological polar surface area (TPSA) is 49.8 Å². The first kappa shape index (κ1) is 16.4. The molecule has 1 saturated carbocycles. The van der Waals surface area contributed by atoms with E-state index < -0.39 is 0 Å². The Kier molecular flexibility index (Phi) is 5.73. The predicted octanol–water partition coefficient (Wildman–Crippen LogP) is 4.04. The zero-order valence-corrected chi connectivity index (χ0v) is 14.7. The molecule has 1 aliphatic rings. The fourth-order valence-electron chi connectivity index (χ4n) is 2.81. The van der Waals surface area contributed by atoms with Gasteiger partial charge in [-0.1, -0.05) is 13.8 Å². The van der Waals surface area contributed by atoms with Gasteiger partial charge in [0.15, 0.2) is 0 Å². The summed E-state index contributed by atoms with van der Waals surface area (Å²) in [6.45, 7) is 6.36. The summed E-state index contributed by atoms with van der Waals surface area (Å²) in [5.74, 6) is 3.19. The molecule has 1 heterocycles. The van der Waals surface area contributed by atoms with E-state index in [1.807, 2.05) is 18.8 Å². The highest BCUT2D eigenvalue weighted by molar-refractivity contribution is 7.99. The third-order valence-electron chi connectivity index (χ3n) is 4.26. The van der Waals surface area contributed by atoms with Gasteiger partial charge in [-0.2, -0.15) is 11.8 Å². The number of thioether (sulfide) groups is 1. The van der Waals surface area contributed by atoms with Crippen LogP contribution in [0.25, 0.3) is 0 Å². The smallest absolute Gasteiger partial charge is 0.135 e. The van der Waals surface area contributed by atoms with Gasteiger partial charge in [0.1, 0.15) is 17.5 Å². The van der Waals surface area contributed by atoms with Crippen molar-refractivity contribution >= 4 is 23.4 Å². The first-order valence-electron chi connectivity index (χ1n) is 7.90. The van der Waals surface area contributed by atoms with Gasteiger partial charge in [0.25, 0.3) is 0 Å². The van der Waals surface area contributed by atoms with Crippen LogP contribution in [0.3, 0.4) is 0 Å². The maximum atomic E-state index is 4.75. The Hall–Kier alpha value is -0.970. The highest BCUT2D eigenvalue weighted by Crippen LogP contribution is 2.30. The van der Waals surface area contributed by atoms with Crippen LogP contribution in [-0.4, -0.2) is 34.6 Å². The summed E-state index contributed by atoms with van der Waals surface area (Å²) >= 11 is 2.01. The van der Waals surface area contributed by atoms with Gasteiger partial charge in [0.05, 0.1) is 0 Å². The Balaban J connectivity index is 2.13. The second-order valence-corrected chi connectivity index (χ2v) is 7.30. The molecule has 4 nitrogen and oxygen atoms in total.